The standard InChI is InChI=1S/C25H28BO3P/c1-24(2)25(3,4)29-26(28-24)23-21(30)16-15-19(18-13-9-10-14-20(18)27-5)22(23)17-11-7-6-8-12-17/h6-16H,30H2,1-5H3. The first kappa shape index (κ1) is 21.1. The fraction of sp³-hybridized carbons (Fsp3) is 0.280. The molecular formula is C25H28BO3P. The Morgan fingerprint density at radius 3 is 2.00 bits per heavy atom. The number of rotatable bonds is 4. The van der Waals surface area contributed by atoms with Crippen molar-refractivity contribution in [3.63, 3.8) is 0 Å². The maximum Gasteiger partial charge on any atom is 0.496 e. The van der Waals surface area contributed by atoms with Crippen LogP contribution in [0.1, 0.15) is 27.7 Å². The topological polar surface area (TPSA) is 27.7 Å². The Morgan fingerprint density at radius 2 is 1.37 bits per heavy atom. The quantitative estimate of drug-likeness (QED) is 0.449. The summed E-state index contributed by atoms with van der Waals surface area (Å²) >= 11 is 0. The lowest BCUT2D eigenvalue weighted by molar-refractivity contribution is 0.00578. The second-order valence-electron chi connectivity index (χ2n) is 8.65. The van der Waals surface area contributed by atoms with Gasteiger partial charge in [0.15, 0.2) is 0 Å². The molecule has 3 aromatic rings. The monoisotopic (exact) mass is 418 g/mol. The molecule has 5 heteroatoms. The zero-order valence-electron chi connectivity index (χ0n) is 18.2. The molecule has 0 N–H and O–H groups in total. The normalized spacial score (nSPS) is 17.2. The summed E-state index contributed by atoms with van der Waals surface area (Å²) < 4.78 is 18.6. The van der Waals surface area contributed by atoms with Gasteiger partial charge < -0.3 is 14.0 Å². The average Bonchev–Trinajstić information content (AvgIpc) is 2.95. The van der Waals surface area contributed by atoms with Crippen molar-refractivity contribution in [3.8, 4) is 28.0 Å². The van der Waals surface area contributed by atoms with Gasteiger partial charge in [0.05, 0.1) is 18.3 Å². The highest BCUT2D eigenvalue weighted by molar-refractivity contribution is 7.28. The van der Waals surface area contributed by atoms with E-state index in [4.69, 9.17) is 14.0 Å². The Bertz CT molecular complexity index is 1050. The van der Waals surface area contributed by atoms with E-state index in [0.717, 1.165) is 38.8 Å². The molecule has 0 saturated carbocycles. The van der Waals surface area contributed by atoms with Crippen LogP contribution in [-0.4, -0.2) is 25.4 Å². The number of benzene rings is 3. The van der Waals surface area contributed by atoms with E-state index < -0.39 is 18.3 Å². The van der Waals surface area contributed by atoms with Crippen molar-refractivity contribution < 1.29 is 14.0 Å². The van der Waals surface area contributed by atoms with E-state index in [1.54, 1.807) is 7.11 Å². The van der Waals surface area contributed by atoms with Gasteiger partial charge in [0.2, 0.25) is 0 Å². The predicted octanol–water partition coefficient (Wildman–Crippen LogP) is 4.83. The average molecular weight is 418 g/mol. The summed E-state index contributed by atoms with van der Waals surface area (Å²) in [5, 5.41) is 1.06. The molecule has 3 nitrogen and oxygen atoms in total. The minimum atomic E-state index is -0.465. The van der Waals surface area contributed by atoms with Gasteiger partial charge in [-0.25, -0.2) is 0 Å². The third kappa shape index (κ3) is 3.58. The van der Waals surface area contributed by atoms with Gasteiger partial charge in [-0.2, -0.15) is 0 Å². The summed E-state index contributed by atoms with van der Waals surface area (Å²) in [5.41, 5.74) is 4.56. The lowest BCUT2D eigenvalue weighted by Gasteiger charge is -2.32. The Balaban J connectivity index is 2.00. The van der Waals surface area contributed by atoms with E-state index >= 15 is 0 Å². The van der Waals surface area contributed by atoms with Gasteiger partial charge >= 0.3 is 7.12 Å². The van der Waals surface area contributed by atoms with Gasteiger partial charge in [0.1, 0.15) is 5.75 Å². The first-order valence-corrected chi connectivity index (χ1v) is 10.8. The first-order valence-electron chi connectivity index (χ1n) is 10.2. The fourth-order valence-corrected chi connectivity index (χ4v) is 4.23. The van der Waals surface area contributed by atoms with E-state index in [9.17, 15) is 0 Å². The minimum absolute atomic E-state index is 0.414. The SMILES string of the molecule is COc1ccccc1-c1ccc(P)c(B2OC(C)(C)C(C)(C)O2)c1-c1ccccc1. The van der Waals surface area contributed by atoms with Crippen LogP contribution in [0.15, 0.2) is 66.7 Å². The molecule has 4 rings (SSSR count). The van der Waals surface area contributed by atoms with Crippen LogP contribution in [0.5, 0.6) is 5.75 Å². The van der Waals surface area contributed by atoms with Crippen molar-refractivity contribution in [2.45, 2.75) is 38.9 Å². The molecule has 154 valence electrons. The third-order valence-corrected chi connectivity index (χ3v) is 6.73. The summed E-state index contributed by atoms with van der Waals surface area (Å²) in [7, 11) is 4.10. The summed E-state index contributed by atoms with van der Waals surface area (Å²) in [6, 6.07) is 22.8. The second-order valence-corrected chi connectivity index (χ2v) is 9.27. The summed E-state index contributed by atoms with van der Waals surface area (Å²) in [4.78, 5) is 0. The van der Waals surface area contributed by atoms with Crippen molar-refractivity contribution in [1.29, 1.82) is 0 Å². The molecule has 1 saturated heterocycles. The van der Waals surface area contributed by atoms with E-state index in [1.807, 2.05) is 24.3 Å². The van der Waals surface area contributed by atoms with E-state index in [-0.39, 0.29) is 0 Å². The molecule has 1 aliphatic heterocycles. The van der Waals surface area contributed by atoms with Crippen LogP contribution >= 0.6 is 9.24 Å². The highest BCUT2D eigenvalue weighted by Crippen LogP contribution is 2.40. The van der Waals surface area contributed by atoms with Crippen LogP contribution in [-0.2, 0) is 9.31 Å². The molecule has 0 amide bonds. The number of ether oxygens (including phenoxy) is 1. The van der Waals surface area contributed by atoms with Gasteiger partial charge in [0, 0.05) is 5.56 Å². The molecule has 0 spiro atoms. The molecule has 3 aromatic carbocycles. The van der Waals surface area contributed by atoms with Crippen LogP contribution in [0.4, 0.5) is 0 Å². The molecule has 1 fully saturated rings. The molecule has 1 heterocycles. The third-order valence-electron chi connectivity index (χ3n) is 6.23. The van der Waals surface area contributed by atoms with Gasteiger partial charge in [-0.1, -0.05) is 60.7 Å². The molecule has 1 unspecified atom stereocenters. The summed E-state index contributed by atoms with van der Waals surface area (Å²) in [5.74, 6) is 0.839. The Hall–Kier alpha value is -2.13. The van der Waals surface area contributed by atoms with Crippen molar-refractivity contribution in [2.24, 2.45) is 0 Å². The van der Waals surface area contributed by atoms with Gasteiger partial charge in [-0.15, -0.1) is 9.24 Å². The maximum absolute atomic E-state index is 6.47. The number of methoxy groups -OCH3 is 1. The minimum Gasteiger partial charge on any atom is -0.496 e. The first-order chi connectivity index (χ1) is 14.2. The number of hydrogen-bond acceptors (Lipinski definition) is 3. The van der Waals surface area contributed by atoms with Crippen molar-refractivity contribution in [3.05, 3.63) is 66.7 Å². The molecule has 0 radical (unpaired) electrons. The van der Waals surface area contributed by atoms with Gasteiger partial charge in [0.25, 0.3) is 0 Å². The molecule has 0 aromatic heterocycles. The van der Waals surface area contributed by atoms with E-state index in [1.165, 1.54) is 0 Å². The maximum atomic E-state index is 6.47. The highest BCUT2D eigenvalue weighted by atomic mass is 31.0. The Labute approximate surface area is 182 Å². The van der Waals surface area contributed by atoms with Crippen LogP contribution in [0.2, 0.25) is 0 Å². The zero-order chi connectivity index (χ0) is 21.5. The molecule has 0 bridgehead atoms. The van der Waals surface area contributed by atoms with Gasteiger partial charge in [-0.3, -0.25) is 0 Å². The van der Waals surface area contributed by atoms with E-state index in [0.29, 0.717) is 0 Å². The highest BCUT2D eigenvalue weighted by Gasteiger charge is 2.52. The zero-order valence-corrected chi connectivity index (χ0v) is 19.4. The summed E-state index contributed by atoms with van der Waals surface area (Å²) in [6.07, 6.45) is 0. The molecule has 0 aliphatic carbocycles. The van der Waals surface area contributed by atoms with Gasteiger partial charge in [-0.05, 0) is 61.2 Å². The molecular weight excluding hydrogens is 390 g/mol. The van der Waals surface area contributed by atoms with Crippen molar-refractivity contribution in [1.82, 2.24) is 0 Å². The lowest BCUT2D eigenvalue weighted by atomic mass is 9.72. The fourth-order valence-electron chi connectivity index (χ4n) is 3.86. The van der Waals surface area contributed by atoms with Crippen molar-refractivity contribution in [2.75, 3.05) is 7.11 Å². The predicted molar refractivity (Wildman–Crippen MR) is 129 cm³/mol. The van der Waals surface area contributed by atoms with Crippen LogP contribution in [0.25, 0.3) is 22.3 Å². The molecule has 1 atom stereocenters. The lowest BCUT2D eigenvalue weighted by Crippen LogP contribution is -2.42. The van der Waals surface area contributed by atoms with E-state index in [2.05, 4.69) is 79.4 Å². The number of hydrogen-bond donors (Lipinski definition) is 0. The largest absolute Gasteiger partial charge is 0.496 e. The van der Waals surface area contributed by atoms with Crippen LogP contribution in [0, 0.1) is 0 Å². The molecule has 30 heavy (non-hydrogen) atoms. The van der Waals surface area contributed by atoms with Crippen LogP contribution < -0.4 is 15.5 Å². The second kappa shape index (κ2) is 7.85. The van der Waals surface area contributed by atoms with Crippen molar-refractivity contribution >= 4 is 27.1 Å². The van der Waals surface area contributed by atoms with Crippen LogP contribution in [0.3, 0.4) is 0 Å². The Kier molecular flexibility index (Phi) is 5.53. The summed E-state index contributed by atoms with van der Waals surface area (Å²) in [6.45, 7) is 8.34. The number of para-hydroxylation sites is 1. The Morgan fingerprint density at radius 1 is 0.767 bits per heavy atom. The smallest absolute Gasteiger partial charge is 0.496 e. The molecule has 1 aliphatic rings.